The van der Waals surface area contributed by atoms with Crippen LogP contribution < -0.4 is 10.2 Å². The summed E-state index contributed by atoms with van der Waals surface area (Å²) in [4.78, 5) is 11.8. The van der Waals surface area contributed by atoms with Gasteiger partial charge in [0.25, 0.3) is 0 Å². The number of benzene rings is 1. The lowest BCUT2D eigenvalue weighted by Crippen LogP contribution is -2.09. The lowest BCUT2D eigenvalue weighted by Gasteiger charge is -2.13. The number of fused-ring (bicyclic) bond motifs is 1. The molecule has 1 aromatic heterocycles. The summed E-state index contributed by atoms with van der Waals surface area (Å²) in [5, 5.41) is 0.512. The van der Waals surface area contributed by atoms with E-state index in [2.05, 4.69) is 0 Å². The minimum Gasteiger partial charge on any atom is -0.492 e. The quantitative estimate of drug-likeness (QED) is 0.798. The minimum atomic E-state index is -0.431. The number of hydrogen-bond acceptors (Lipinski definition) is 2. The van der Waals surface area contributed by atoms with Crippen LogP contribution in [0.4, 0.5) is 4.39 Å². The van der Waals surface area contributed by atoms with Gasteiger partial charge in [-0.25, -0.2) is 4.39 Å². The second-order valence-corrected chi connectivity index (χ2v) is 4.30. The van der Waals surface area contributed by atoms with Crippen LogP contribution in [0.1, 0.15) is 18.9 Å². The molecule has 0 N–H and O–H groups in total. The molecular weight excluding hydrogens is 221 g/mol. The Balaban J connectivity index is 2.46. The molecule has 1 aliphatic rings. The molecule has 3 nitrogen and oxygen atoms in total. The Morgan fingerprint density at radius 1 is 1.35 bits per heavy atom. The highest BCUT2D eigenvalue weighted by molar-refractivity contribution is 5.85. The van der Waals surface area contributed by atoms with Gasteiger partial charge >= 0.3 is 0 Å². The van der Waals surface area contributed by atoms with E-state index in [0.29, 0.717) is 16.9 Å². The number of hydrogen-bond donors (Lipinski definition) is 0. The Hall–Kier alpha value is -1.84. The first-order chi connectivity index (χ1) is 8.22. The molecule has 1 saturated carbocycles. The molecule has 88 valence electrons. The van der Waals surface area contributed by atoms with Crippen LogP contribution in [0, 0.1) is 5.82 Å². The predicted molar refractivity (Wildman–Crippen MR) is 63.0 cm³/mol. The smallest absolute Gasteiger partial charge is 0.189 e. The number of rotatable bonds is 2. The highest BCUT2D eigenvalue weighted by atomic mass is 19.1. The molecule has 0 radical (unpaired) electrons. The van der Waals surface area contributed by atoms with E-state index in [4.69, 9.17) is 4.74 Å². The molecule has 1 fully saturated rings. The van der Waals surface area contributed by atoms with E-state index in [9.17, 15) is 9.18 Å². The van der Waals surface area contributed by atoms with Crippen LogP contribution in [0.5, 0.6) is 5.75 Å². The molecule has 0 spiro atoms. The Morgan fingerprint density at radius 3 is 2.76 bits per heavy atom. The predicted octanol–water partition coefficient (Wildman–Crippen LogP) is 2.48. The third kappa shape index (κ3) is 1.52. The SMILES string of the molecule is COc1c(F)ccc2c(=O)ccn(C3CC3)c12. The van der Waals surface area contributed by atoms with Gasteiger partial charge in [-0.05, 0) is 25.0 Å². The lowest BCUT2D eigenvalue weighted by molar-refractivity contribution is 0.389. The van der Waals surface area contributed by atoms with Crippen molar-refractivity contribution in [2.45, 2.75) is 18.9 Å². The van der Waals surface area contributed by atoms with Crippen molar-refractivity contribution in [3.8, 4) is 5.75 Å². The van der Waals surface area contributed by atoms with Crippen LogP contribution in [0.3, 0.4) is 0 Å². The van der Waals surface area contributed by atoms with E-state index in [0.717, 1.165) is 12.8 Å². The molecule has 0 aliphatic heterocycles. The van der Waals surface area contributed by atoms with E-state index in [1.807, 2.05) is 4.57 Å². The van der Waals surface area contributed by atoms with E-state index in [1.165, 1.54) is 25.3 Å². The molecule has 0 unspecified atom stereocenters. The summed E-state index contributed by atoms with van der Waals surface area (Å²) in [6.45, 7) is 0. The number of nitrogens with zero attached hydrogens (tertiary/aromatic N) is 1. The van der Waals surface area contributed by atoms with Gasteiger partial charge in [0.2, 0.25) is 0 Å². The standard InChI is InChI=1S/C13H12FNO2/c1-17-13-10(14)5-4-9-11(16)6-7-15(12(9)13)8-2-3-8/h4-8H,2-3H2,1H3. The van der Waals surface area contributed by atoms with Crippen molar-refractivity contribution < 1.29 is 9.13 Å². The van der Waals surface area contributed by atoms with E-state index >= 15 is 0 Å². The first-order valence-electron chi connectivity index (χ1n) is 5.59. The van der Waals surface area contributed by atoms with Gasteiger partial charge in [-0.15, -0.1) is 0 Å². The van der Waals surface area contributed by atoms with Gasteiger partial charge in [-0.1, -0.05) is 0 Å². The summed E-state index contributed by atoms with van der Waals surface area (Å²) in [6, 6.07) is 4.69. The largest absolute Gasteiger partial charge is 0.492 e. The zero-order valence-electron chi connectivity index (χ0n) is 9.44. The number of ether oxygens (including phenoxy) is 1. The molecule has 1 heterocycles. The topological polar surface area (TPSA) is 31.2 Å². The van der Waals surface area contributed by atoms with Gasteiger partial charge in [-0.2, -0.15) is 0 Å². The van der Waals surface area contributed by atoms with Gasteiger partial charge in [0.1, 0.15) is 0 Å². The van der Waals surface area contributed by atoms with Crippen LogP contribution >= 0.6 is 0 Å². The molecule has 1 aromatic carbocycles. The summed E-state index contributed by atoms with van der Waals surface area (Å²) in [5.41, 5.74) is 0.470. The number of halogens is 1. The summed E-state index contributed by atoms with van der Waals surface area (Å²) >= 11 is 0. The molecule has 3 rings (SSSR count). The van der Waals surface area contributed by atoms with Crippen LogP contribution in [-0.2, 0) is 0 Å². The Labute approximate surface area is 97.4 Å². The fourth-order valence-corrected chi connectivity index (χ4v) is 2.17. The molecule has 4 heteroatoms. The number of aromatic nitrogens is 1. The zero-order valence-corrected chi connectivity index (χ0v) is 9.44. The lowest BCUT2D eigenvalue weighted by atomic mass is 10.2. The third-order valence-electron chi connectivity index (χ3n) is 3.14. The van der Waals surface area contributed by atoms with Crippen molar-refractivity contribution in [1.82, 2.24) is 4.57 Å². The maximum absolute atomic E-state index is 13.7. The van der Waals surface area contributed by atoms with Gasteiger partial charge in [0.15, 0.2) is 17.0 Å². The van der Waals surface area contributed by atoms with Crippen molar-refractivity contribution >= 4 is 10.9 Å². The zero-order chi connectivity index (χ0) is 12.0. The van der Waals surface area contributed by atoms with E-state index < -0.39 is 5.82 Å². The summed E-state index contributed by atoms with van der Waals surface area (Å²) in [7, 11) is 1.42. The molecule has 0 bridgehead atoms. The Morgan fingerprint density at radius 2 is 2.12 bits per heavy atom. The maximum Gasteiger partial charge on any atom is 0.189 e. The average Bonchev–Trinajstić information content (AvgIpc) is 3.13. The molecule has 0 amide bonds. The number of methoxy groups -OCH3 is 1. The highest BCUT2D eigenvalue weighted by Crippen LogP contribution is 2.39. The molecule has 2 aromatic rings. The van der Waals surface area contributed by atoms with Gasteiger partial charge in [0.05, 0.1) is 12.6 Å². The Kier molecular flexibility index (Phi) is 2.18. The minimum absolute atomic E-state index is 0.102. The monoisotopic (exact) mass is 233 g/mol. The highest BCUT2D eigenvalue weighted by Gasteiger charge is 2.26. The van der Waals surface area contributed by atoms with E-state index in [-0.39, 0.29) is 11.2 Å². The van der Waals surface area contributed by atoms with Crippen molar-refractivity contribution in [3.05, 3.63) is 40.4 Å². The fourth-order valence-electron chi connectivity index (χ4n) is 2.17. The first-order valence-corrected chi connectivity index (χ1v) is 5.59. The van der Waals surface area contributed by atoms with E-state index in [1.54, 1.807) is 6.20 Å². The van der Waals surface area contributed by atoms with Crippen molar-refractivity contribution in [1.29, 1.82) is 0 Å². The third-order valence-corrected chi connectivity index (χ3v) is 3.14. The fraction of sp³-hybridized carbons (Fsp3) is 0.308. The Bertz CT molecular complexity index is 644. The van der Waals surface area contributed by atoms with Crippen LogP contribution in [0.2, 0.25) is 0 Å². The van der Waals surface area contributed by atoms with Crippen molar-refractivity contribution in [2.24, 2.45) is 0 Å². The average molecular weight is 233 g/mol. The van der Waals surface area contributed by atoms with Crippen LogP contribution in [-0.4, -0.2) is 11.7 Å². The van der Waals surface area contributed by atoms with Gasteiger partial charge < -0.3 is 9.30 Å². The van der Waals surface area contributed by atoms with Gasteiger partial charge in [0, 0.05) is 23.7 Å². The maximum atomic E-state index is 13.7. The summed E-state index contributed by atoms with van der Waals surface area (Å²) < 4.78 is 20.7. The summed E-state index contributed by atoms with van der Waals surface area (Å²) in [5.74, 6) is -0.271. The van der Waals surface area contributed by atoms with Gasteiger partial charge in [-0.3, -0.25) is 4.79 Å². The summed E-state index contributed by atoms with van der Waals surface area (Å²) in [6.07, 6.45) is 3.86. The van der Waals surface area contributed by atoms with Crippen LogP contribution in [0.15, 0.2) is 29.2 Å². The second-order valence-electron chi connectivity index (χ2n) is 4.30. The molecular formula is C13H12FNO2. The number of pyridine rings is 1. The first kappa shape index (κ1) is 10.3. The molecule has 17 heavy (non-hydrogen) atoms. The molecule has 1 aliphatic carbocycles. The van der Waals surface area contributed by atoms with Crippen molar-refractivity contribution in [2.75, 3.05) is 7.11 Å². The molecule has 0 atom stereocenters. The second kappa shape index (κ2) is 3.58. The molecule has 0 saturated heterocycles. The normalized spacial score (nSPS) is 15.2. The van der Waals surface area contributed by atoms with Crippen LogP contribution in [0.25, 0.3) is 10.9 Å². The van der Waals surface area contributed by atoms with Crippen molar-refractivity contribution in [3.63, 3.8) is 0 Å².